The van der Waals surface area contributed by atoms with Gasteiger partial charge in [-0.3, -0.25) is 0 Å². The van der Waals surface area contributed by atoms with E-state index in [2.05, 4.69) is 28.9 Å². The highest BCUT2D eigenvalue weighted by atomic mass is 16.3. The van der Waals surface area contributed by atoms with E-state index in [0.29, 0.717) is 12.6 Å². The van der Waals surface area contributed by atoms with E-state index in [-0.39, 0.29) is 12.1 Å². The Morgan fingerprint density at radius 3 is 2.95 bits per heavy atom. The van der Waals surface area contributed by atoms with Gasteiger partial charge >= 0.3 is 0 Å². The first kappa shape index (κ1) is 14.2. The summed E-state index contributed by atoms with van der Waals surface area (Å²) >= 11 is 0. The van der Waals surface area contributed by atoms with Gasteiger partial charge in [-0.25, -0.2) is 4.98 Å². The van der Waals surface area contributed by atoms with Crippen molar-refractivity contribution in [3.05, 3.63) is 23.9 Å². The minimum Gasteiger partial charge on any atom is -0.391 e. The van der Waals surface area contributed by atoms with Crippen LogP contribution in [0.25, 0.3) is 0 Å². The highest BCUT2D eigenvalue weighted by Crippen LogP contribution is 2.26. The predicted octanol–water partition coefficient (Wildman–Crippen LogP) is 0.602. The number of β-amino-alcohol motifs (C(OH)–C–C–N with tert-alkyl or cyclic N) is 1. The average molecular weight is 264 g/mol. The lowest BCUT2D eigenvalue weighted by atomic mass is 10.1. The van der Waals surface area contributed by atoms with Crippen molar-refractivity contribution >= 4 is 5.82 Å². The Hall–Kier alpha value is -1.17. The van der Waals surface area contributed by atoms with E-state index in [1.807, 2.05) is 19.1 Å². The number of rotatable bonds is 4. The number of aromatic nitrogens is 1. The zero-order valence-electron chi connectivity index (χ0n) is 12.0. The van der Waals surface area contributed by atoms with Crippen LogP contribution in [-0.2, 0) is 0 Å². The fraction of sp³-hybridized carbons (Fsp3) is 0.643. The van der Waals surface area contributed by atoms with Gasteiger partial charge in [0.25, 0.3) is 0 Å². The van der Waals surface area contributed by atoms with Crippen LogP contribution < -0.4 is 10.6 Å². The lowest BCUT2D eigenvalue weighted by molar-refractivity contribution is 0.191. The molecule has 0 amide bonds. The smallest absolute Gasteiger partial charge is 0.129 e. The van der Waals surface area contributed by atoms with E-state index in [0.717, 1.165) is 24.3 Å². The summed E-state index contributed by atoms with van der Waals surface area (Å²) in [6.07, 6.45) is 2.32. The molecule has 0 radical (unpaired) electrons. The van der Waals surface area contributed by atoms with Crippen molar-refractivity contribution in [3.8, 4) is 0 Å². The van der Waals surface area contributed by atoms with Crippen LogP contribution in [0.4, 0.5) is 5.82 Å². The fourth-order valence-corrected chi connectivity index (χ4v) is 2.64. The molecule has 0 bridgehead atoms. The van der Waals surface area contributed by atoms with Crippen molar-refractivity contribution in [1.82, 2.24) is 9.88 Å². The molecule has 5 nitrogen and oxygen atoms in total. The number of nitrogens with zero attached hydrogens (tertiary/aromatic N) is 3. The van der Waals surface area contributed by atoms with Crippen molar-refractivity contribution in [2.24, 2.45) is 5.73 Å². The maximum Gasteiger partial charge on any atom is 0.129 e. The molecule has 1 saturated heterocycles. The molecule has 5 heteroatoms. The van der Waals surface area contributed by atoms with E-state index in [1.165, 1.54) is 0 Å². The average Bonchev–Trinajstić information content (AvgIpc) is 2.69. The second kappa shape index (κ2) is 5.86. The first-order valence-electron chi connectivity index (χ1n) is 6.78. The number of nitrogens with two attached hydrogens (primary N) is 1. The van der Waals surface area contributed by atoms with Crippen LogP contribution in [0.15, 0.2) is 18.3 Å². The van der Waals surface area contributed by atoms with Crippen LogP contribution in [0.3, 0.4) is 0 Å². The Kier molecular flexibility index (Phi) is 4.39. The molecule has 0 saturated carbocycles. The quantitative estimate of drug-likeness (QED) is 0.834. The molecule has 1 aliphatic rings. The van der Waals surface area contributed by atoms with Crippen molar-refractivity contribution in [2.45, 2.75) is 31.5 Å². The number of aliphatic hydroxyl groups is 1. The molecule has 106 valence electrons. The number of likely N-dealkylation sites (N-methyl/N-ethyl adjacent to an activating group) is 1. The molecular formula is C14H24N4O. The van der Waals surface area contributed by atoms with E-state index in [4.69, 9.17) is 5.73 Å². The molecule has 3 N–H and O–H groups in total. The lowest BCUT2D eigenvalue weighted by Crippen LogP contribution is -2.38. The zero-order chi connectivity index (χ0) is 14.0. The first-order chi connectivity index (χ1) is 8.97. The number of hydrogen-bond donors (Lipinski definition) is 2. The third-order valence-corrected chi connectivity index (χ3v) is 3.56. The number of pyridine rings is 1. The number of hydrogen-bond acceptors (Lipinski definition) is 5. The number of anilines is 1. The van der Waals surface area contributed by atoms with Gasteiger partial charge in [-0.15, -0.1) is 0 Å². The molecule has 1 aromatic heterocycles. The molecule has 2 heterocycles. The van der Waals surface area contributed by atoms with Gasteiger partial charge < -0.3 is 20.6 Å². The van der Waals surface area contributed by atoms with E-state index < -0.39 is 0 Å². The fourth-order valence-electron chi connectivity index (χ4n) is 2.64. The number of aliphatic hydroxyl groups excluding tert-OH is 1. The standard InChI is InChI=1S/C14H24N4O/c1-10(15)11-4-5-16-14(6-11)18-9-13(19)7-12(18)8-17(2)3/h4-6,10,12-13,19H,7-9,15H2,1-3H3/t10-,12?,13?/m1/s1. The Morgan fingerprint density at radius 1 is 1.58 bits per heavy atom. The summed E-state index contributed by atoms with van der Waals surface area (Å²) in [6, 6.07) is 4.29. The summed E-state index contributed by atoms with van der Waals surface area (Å²) in [6.45, 7) is 3.53. The topological polar surface area (TPSA) is 65.6 Å². The highest BCUT2D eigenvalue weighted by molar-refractivity contribution is 5.44. The van der Waals surface area contributed by atoms with Gasteiger partial charge in [0.1, 0.15) is 5.82 Å². The van der Waals surface area contributed by atoms with Crippen molar-refractivity contribution in [2.75, 3.05) is 32.1 Å². The SMILES string of the molecule is C[C@@H](N)c1ccnc(N2CC(O)CC2CN(C)C)c1. The van der Waals surface area contributed by atoms with Gasteiger partial charge in [0.2, 0.25) is 0 Å². The van der Waals surface area contributed by atoms with Crippen LogP contribution in [0, 0.1) is 0 Å². The maximum atomic E-state index is 9.91. The summed E-state index contributed by atoms with van der Waals surface area (Å²) < 4.78 is 0. The zero-order valence-corrected chi connectivity index (χ0v) is 12.0. The predicted molar refractivity (Wildman–Crippen MR) is 77.2 cm³/mol. The molecule has 0 aromatic carbocycles. The highest BCUT2D eigenvalue weighted by Gasteiger charge is 2.32. The third kappa shape index (κ3) is 3.43. The van der Waals surface area contributed by atoms with Crippen LogP contribution in [0.1, 0.15) is 24.9 Å². The van der Waals surface area contributed by atoms with Crippen molar-refractivity contribution < 1.29 is 5.11 Å². The van der Waals surface area contributed by atoms with Gasteiger partial charge in [0.15, 0.2) is 0 Å². The van der Waals surface area contributed by atoms with Crippen molar-refractivity contribution in [3.63, 3.8) is 0 Å². The summed E-state index contributed by atoms with van der Waals surface area (Å²) in [4.78, 5) is 8.77. The summed E-state index contributed by atoms with van der Waals surface area (Å²) in [7, 11) is 4.10. The van der Waals surface area contributed by atoms with Crippen LogP contribution in [0.5, 0.6) is 0 Å². The largest absolute Gasteiger partial charge is 0.391 e. The summed E-state index contributed by atoms with van der Waals surface area (Å²) in [5, 5.41) is 9.91. The van der Waals surface area contributed by atoms with Crippen molar-refractivity contribution in [1.29, 1.82) is 0 Å². The third-order valence-electron chi connectivity index (χ3n) is 3.56. The second-order valence-electron chi connectivity index (χ2n) is 5.69. The van der Waals surface area contributed by atoms with Gasteiger partial charge in [-0.1, -0.05) is 0 Å². The lowest BCUT2D eigenvalue weighted by Gasteiger charge is -2.28. The van der Waals surface area contributed by atoms with Gasteiger partial charge in [0.05, 0.1) is 6.10 Å². The minimum atomic E-state index is -0.272. The molecule has 2 rings (SSSR count). The van der Waals surface area contributed by atoms with Gasteiger partial charge in [0, 0.05) is 31.4 Å². The monoisotopic (exact) mass is 264 g/mol. The van der Waals surface area contributed by atoms with Crippen LogP contribution in [0.2, 0.25) is 0 Å². The minimum absolute atomic E-state index is 0.00146. The van der Waals surface area contributed by atoms with E-state index in [9.17, 15) is 5.11 Å². The second-order valence-corrected chi connectivity index (χ2v) is 5.69. The Morgan fingerprint density at radius 2 is 2.32 bits per heavy atom. The molecule has 0 aliphatic carbocycles. The first-order valence-corrected chi connectivity index (χ1v) is 6.78. The normalized spacial score (nSPS) is 25.1. The molecule has 1 aliphatic heterocycles. The summed E-state index contributed by atoms with van der Waals surface area (Å²) in [5.74, 6) is 0.915. The summed E-state index contributed by atoms with van der Waals surface area (Å²) in [5.41, 5.74) is 7.00. The molecule has 0 spiro atoms. The van der Waals surface area contributed by atoms with Gasteiger partial charge in [-0.05, 0) is 45.1 Å². The van der Waals surface area contributed by atoms with Crippen LogP contribution >= 0.6 is 0 Å². The molecule has 1 fully saturated rings. The molecule has 19 heavy (non-hydrogen) atoms. The molecular weight excluding hydrogens is 240 g/mol. The Bertz CT molecular complexity index is 422. The maximum absolute atomic E-state index is 9.91. The van der Waals surface area contributed by atoms with E-state index >= 15 is 0 Å². The Labute approximate surface area is 115 Å². The molecule has 1 aromatic rings. The van der Waals surface area contributed by atoms with Gasteiger partial charge in [-0.2, -0.15) is 0 Å². The van der Waals surface area contributed by atoms with E-state index in [1.54, 1.807) is 6.20 Å². The molecule has 3 atom stereocenters. The Balaban J connectivity index is 2.21. The molecule has 2 unspecified atom stereocenters. The van der Waals surface area contributed by atoms with Crippen LogP contribution in [-0.4, -0.2) is 54.3 Å².